The van der Waals surface area contributed by atoms with E-state index in [1.54, 1.807) is 0 Å². The highest BCUT2D eigenvalue weighted by Crippen LogP contribution is 1.99. The van der Waals surface area contributed by atoms with Crippen LogP contribution >= 0.6 is 0 Å². The molecule has 0 aromatic carbocycles. The minimum atomic E-state index is -3.31. The van der Waals surface area contributed by atoms with E-state index in [0.717, 1.165) is 25.7 Å². The Hall–Kier alpha value is -0.130. The van der Waals surface area contributed by atoms with Gasteiger partial charge < -0.3 is 4.74 Å². The number of hydrogen-bond donors (Lipinski definition) is 0. The Kier molecular flexibility index (Phi) is 9.04. The van der Waals surface area contributed by atoms with Crippen LogP contribution in [0.2, 0.25) is 0 Å². The Balaban J connectivity index is 3.19. The fraction of sp³-hybridized carbons (Fsp3) is 0.900. The first-order valence-electron chi connectivity index (χ1n) is 5.27. The minimum Gasteiger partial charge on any atom is -0.381 e. The Morgan fingerprint density at radius 3 is 2.33 bits per heavy atom. The number of ether oxygens (including phenoxy) is 1. The summed E-state index contributed by atoms with van der Waals surface area (Å²) in [5.74, 6) is 0.0301. The van der Waals surface area contributed by atoms with Gasteiger partial charge in [0.05, 0.1) is 12.9 Å². The zero-order valence-electron chi connectivity index (χ0n) is 9.41. The summed E-state index contributed by atoms with van der Waals surface area (Å²) in [6.07, 6.45) is 4.73. The third-order valence-corrected chi connectivity index (χ3v) is 3.27. The summed E-state index contributed by atoms with van der Waals surface area (Å²) in [6.45, 7) is 4.93. The SMILES string of the molecule is [CH2]CCCCCOCCCS(=O)(=O)OC. The van der Waals surface area contributed by atoms with Crippen LogP contribution in [0.25, 0.3) is 0 Å². The lowest BCUT2D eigenvalue weighted by Crippen LogP contribution is -2.10. The average molecular weight is 237 g/mol. The molecule has 0 aliphatic rings. The lowest BCUT2D eigenvalue weighted by molar-refractivity contribution is 0.130. The van der Waals surface area contributed by atoms with E-state index in [-0.39, 0.29) is 5.75 Å². The smallest absolute Gasteiger partial charge is 0.267 e. The summed E-state index contributed by atoms with van der Waals surface area (Å²) in [5.41, 5.74) is 0. The molecule has 0 aliphatic heterocycles. The Morgan fingerprint density at radius 2 is 1.73 bits per heavy atom. The first-order valence-corrected chi connectivity index (χ1v) is 6.85. The average Bonchev–Trinajstić information content (AvgIpc) is 2.22. The summed E-state index contributed by atoms with van der Waals surface area (Å²) in [7, 11) is -2.13. The molecule has 0 saturated carbocycles. The molecule has 0 atom stereocenters. The van der Waals surface area contributed by atoms with Crippen molar-refractivity contribution in [2.45, 2.75) is 32.1 Å². The molecule has 0 aromatic heterocycles. The summed E-state index contributed by atoms with van der Waals surface area (Å²) in [4.78, 5) is 0. The molecule has 0 fully saturated rings. The van der Waals surface area contributed by atoms with Gasteiger partial charge in [-0.25, -0.2) is 0 Å². The van der Waals surface area contributed by atoms with Gasteiger partial charge in [0.1, 0.15) is 0 Å². The number of unbranched alkanes of at least 4 members (excludes halogenated alkanes) is 3. The fourth-order valence-corrected chi connectivity index (χ4v) is 1.72. The molecule has 0 unspecified atom stereocenters. The molecule has 0 aromatic rings. The second-order valence-corrected chi connectivity index (χ2v) is 5.17. The Bertz CT molecular complexity index is 224. The minimum absolute atomic E-state index is 0.0301. The van der Waals surface area contributed by atoms with Crippen LogP contribution in [0, 0.1) is 6.92 Å². The van der Waals surface area contributed by atoms with Gasteiger partial charge in [0.25, 0.3) is 10.1 Å². The molecule has 15 heavy (non-hydrogen) atoms. The third-order valence-electron chi connectivity index (χ3n) is 1.98. The van der Waals surface area contributed by atoms with Crippen LogP contribution in [0.4, 0.5) is 0 Å². The number of hydrogen-bond acceptors (Lipinski definition) is 4. The van der Waals surface area contributed by atoms with E-state index in [1.165, 1.54) is 7.11 Å². The van der Waals surface area contributed by atoms with Gasteiger partial charge in [-0.2, -0.15) is 8.42 Å². The van der Waals surface area contributed by atoms with Gasteiger partial charge in [0, 0.05) is 13.2 Å². The van der Waals surface area contributed by atoms with Crippen molar-refractivity contribution in [2.75, 3.05) is 26.1 Å². The highest BCUT2D eigenvalue weighted by atomic mass is 32.2. The van der Waals surface area contributed by atoms with Crippen LogP contribution < -0.4 is 0 Å². The van der Waals surface area contributed by atoms with E-state index in [2.05, 4.69) is 11.1 Å². The second-order valence-electron chi connectivity index (χ2n) is 3.31. The maximum Gasteiger partial charge on any atom is 0.267 e. The topological polar surface area (TPSA) is 52.6 Å². The van der Waals surface area contributed by atoms with Crippen molar-refractivity contribution in [2.24, 2.45) is 0 Å². The van der Waals surface area contributed by atoms with Crippen LogP contribution in [0.5, 0.6) is 0 Å². The van der Waals surface area contributed by atoms with Crippen molar-refractivity contribution < 1.29 is 17.3 Å². The highest BCUT2D eigenvalue weighted by Gasteiger charge is 2.06. The summed E-state index contributed by atoms with van der Waals surface area (Å²) in [5, 5.41) is 0. The maximum absolute atomic E-state index is 10.9. The molecule has 0 aliphatic carbocycles. The van der Waals surface area contributed by atoms with E-state index in [0.29, 0.717) is 19.6 Å². The first-order chi connectivity index (χ1) is 7.12. The number of rotatable bonds is 10. The molecule has 0 spiro atoms. The second kappa shape index (κ2) is 9.12. The van der Waals surface area contributed by atoms with Gasteiger partial charge in [-0.15, -0.1) is 0 Å². The van der Waals surface area contributed by atoms with Crippen LogP contribution in [0.15, 0.2) is 0 Å². The highest BCUT2D eigenvalue weighted by molar-refractivity contribution is 7.86. The van der Waals surface area contributed by atoms with E-state index in [4.69, 9.17) is 4.74 Å². The van der Waals surface area contributed by atoms with Crippen LogP contribution in [0.3, 0.4) is 0 Å². The largest absolute Gasteiger partial charge is 0.381 e. The molecule has 4 nitrogen and oxygen atoms in total. The monoisotopic (exact) mass is 237 g/mol. The van der Waals surface area contributed by atoms with Crippen LogP contribution in [-0.2, 0) is 19.0 Å². The van der Waals surface area contributed by atoms with E-state index in [1.807, 2.05) is 0 Å². The Labute approximate surface area is 93.1 Å². The molecular formula is C10H21O4S. The van der Waals surface area contributed by atoms with Crippen molar-refractivity contribution >= 4 is 10.1 Å². The lowest BCUT2D eigenvalue weighted by Gasteiger charge is -2.03. The van der Waals surface area contributed by atoms with Crippen molar-refractivity contribution in [3.05, 3.63) is 6.92 Å². The molecule has 1 radical (unpaired) electrons. The zero-order chi connectivity index (χ0) is 11.6. The molecule has 0 amide bonds. The predicted molar refractivity (Wildman–Crippen MR) is 60.1 cm³/mol. The fourth-order valence-electron chi connectivity index (χ4n) is 1.08. The normalized spacial score (nSPS) is 11.9. The van der Waals surface area contributed by atoms with Gasteiger partial charge >= 0.3 is 0 Å². The molecule has 0 N–H and O–H groups in total. The van der Waals surface area contributed by atoms with Gasteiger partial charge in [-0.05, 0) is 12.8 Å². The molecular weight excluding hydrogens is 216 g/mol. The molecule has 0 bridgehead atoms. The van der Waals surface area contributed by atoms with Crippen molar-refractivity contribution in [3.63, 3.8) is 0 Å². The Morgan fingerprint density at radius 1 is 1.07 bits per heavy atom. The zero-order valence-corrected chi connectivity index (χ0v) is 10.2. The van der Waals surface area contributed by atoms with Gasteiger partial charge in [0.2, 0.25) is 0 Å². The van der Waals surface area contributed by atoms with E-state index in [9.17, 15) is 8.42 Å². The van der Waals surface area contributed by atoms with Crippen molar-refractivity contribution in [3.8, 4) is 0 Å². The summed E-state index contributed by atoms with van der Waals surface area (Å²) in [6, 6.07) is 0. The molecule has 0 heterocycles. The molecule has 0 saturated heterocycles. The van der Waals surface area contributed by atoms with Gasteiger partial charge in [-0.3, -0.25) is 4.18 Å². The molecule has 5 heteroatoms. The summed E-state index contributed by atoms with van der Waals surface area (Å²) >= 11 is 0. The summed E-state index contributed by atoms with van der Waals surface area (Å²) < 4.78 is 31.4. The van der Waals surface area contributed by atoms with Gasteiger partial charge in [-0.1, -0.05) is 26.2 Å². The quantitative estimate of drug-likeness (QED) is 0.429. The van der Waals surface area contributed by atoms with Gasteiger partial charge in [0.15, 0.2) is 0 Å². The van der Waals surface area contributed by atoms with Crippen molar-refractivity contribution in [1.29, 1.82) is 0 Å². The third kappa shape index (κ3) is 10.2. The molecule has 91 valence electrons. The lowest BCUT2D eigenvalue weighted by atomic mass is 10.2. The van der Waals surface area contributed by atoms with E-state index < -0.39 is 10.1 Å². The van der Waals surface area contributed by atoms with Crippen LogP contribution in [0.1, 0.15) is 32.1 Å². The molecule has 0 rings (SSSR count). The van der Waals surface area contributed by atoms with Crippen LogP contribution in [-0.4, -0.2) is 34.5 Å². The van der Waals surface area contributed by atoms with E-state index >= 15 is 0 Å². The maximum atomic E-state index is 10.9. The van der Waals surface area contributed by atoms with Crippen molar-refractivity contribution in [1.82, 2.24) is 0 Å². The predicted octanol–water partition coefficient (Wildman–Crippen LogP) is 1.76. The standard InChI is InChI=1S/C10H21O4S/c1-3-4-5-6-8-14-9-7-10-15(11,12)13-2/h1,3-10H2,2H3. The first kappa shape index (κ1) is 14.9.